The highest BCUT2D eigenvalue weighted by molar-refractivity contribution is 8.00. The zero-order chi connectivity index (χ0) is 18.5. The molecule has 0 radical (unpaired) electrons. The van der Waals surface area contributed by atoms with Crippen molar-refractivity contribution in [2.45, 2.75) is 11.4 Å². The minimum atomic E-state index is 0.273. The van der Waals surface area contributed by atoms with Gasteiger partial charge >= 0.3 is 0 Å². The lowest BCUT2D eigenvalue weighted by Crippen LogP contribution is -2.14. The van der Waals surface area contributed by atoms with Gasteiger partial charge in [0.15, 0.2) is 0 Å². The molecule has 0 fully saturated rings. The van der Waals surface area contributed by atoms with Crippen molar-refractivity contribution in [3.8, 4) is 11.5 Å². The summed E-state index contributed by atoms with van der Waals surface area (Å²) in [5.74, 6) is 1.46. The summed E-state index contributed by atoms with van der Waals surface area (Å²) >= 11 is 14.7. The average molecular weight is 429 g/mol. The number of aromatic nitrogens is 3. The maximum absolute atomic E-state index is 6.08. The summed E-state index contributed by atoms with van der Waals surface area (Å²) in [5, 5.41) is 1.42. The molecule has 10 heteroatoms. The first-order chi connectivity index (χ1) is 12.6. The summed E-state index contributed by atoms with van der Waals surface area (Å²) in [4.78, 5) is 9.23. The van der Waals surface area contributed by atoms with Gasteiger partial charge in [0.1, 0.15) is 23.0 Å². The second kappa shape index (κ2) is 8.77. The van der Waals surface area contributed by atoms with Crippen molar-refractivity contribution in [3.05, 3.63) is 52.5 Å². The minimum Gasteiger partial charge on any atom is -0.497 e. The lowest BCUT2D eigenvalue weighted by atomic mass is 10.2. The van der Waals surface area contributed by atoms with Gasteiger partial charge in [-0.2, -0.15) is 4.37 Å². The fraction of sp³-hybridized carbons (Fsp3) is 0.188. The Hall–Kier alpha value is -1.74. The van der Waals surface area contributed by atoms with Crippen LogP contribution < -0.4 is 13.8 Å². The first kappa shape index (κ1) is 19.0. The molecule has 2 heterocycles. The minimum absolute atomic E-state index is 0.273. The summed E-state index contributed by atoms with van der Waals surface area (Å²) in [7, 11) is 3.25. The van der Waals surface area contributed by atoms with E-state index in [1.807, 2.05) is 22.5 Å². The van der Waals surface area contributed by atoms with Gasteiger partial charge in [-0.05, 0) is 30.1 Å². The Morgan fingerprint density at radius 1 is 1.15 bits per heavy atom. The Labute approximate surface area is 169 Å². The monoisotopic (exact) mass is 428 g/mol. The van der Waals surface area contributed by atoms with Crippen molar-refractivity contribution < 1.29 is 9.47 Å². The Balaban J connectivity index is 1.89. The van der Waals surface area contributed by atoms with Gasteiger partial charge in [0.25, 0.3) is 0 Å². The molecule has 6 nitrogen and oxygen atoms in total. The molecule has 0 saturated heterocycles. The fourth-order valence-electron chi connectivity index (χ4n) is 2.13. The van der Waals surface area contributed by atoms with E-state index in [-0.39, 0.29) is 5.15 Å². The maximum Gasteiger partial charge on any atom is 0.215 e. The van der Waals surface area contributed by atoms with Crippen molar-refractivity contribution >= 4 is 51.8 Å². The lowest BCUT2D eigenvalue weighted by Gasteiger charge is -2.21. The molecule has 0 amide bonds. The second-order valence-corrected chi connectivity index (χ2v) is 7.59. The first-order valence-electron chi connectivity index (χ1n) is 7.35. The van der Waals surface area contributed by atoms with E-state index in [0.717, 1.165) is 27.1 Å². The summed E-state index contributed by atoms with van der Waals surface area (Å²) in [6.45, 7) is 0.535. The number of hydrogen-bond acceptors (Lipinski definition) is 8. The number of halogens is 2. The van der Waals surface area contributed by atoms with Gasteiger partial charge in [0.05, 0.1) is 25.8 Å². The highest BCUT2D eigenvalue weighted by atomic mass is 35.5. The topological polar surface area (TPSA) is 60.4 Å². The third kappa shape index (κ3) is 4.50. The first-order valence-corrected chi connectivity index (χ1v) is 9.65. The van der Waals surface area contributed by atoms with Crippen LogP contribution in [0.15, 0.2) is 41.7 Å². The Bertz CT molecular complexity index is 881. The van der Waals surface area contributed by atoms with Crippen molar-refractivity contribution in [1.29, 1.82) is 0 Å². The van der Waals surface area contributed by atoms with Gasteiger partial charge in [-0.15, -0.1) is 0 Å². The average Bonchev–Trinajstić information content (AvgIpc) is 3.19. The summed E-state index contributed by atoms with van der Waals surface area (Å²) in [6, 6.07) is 7.46. The van der Waals surface area contributed by atoms with Crippen LogP contribution in [0.25, 0.3) is 0 Å². The third-order valence-corrected chi connectivity index (χ3v) is 5.80. The van der Waals surface area contributed by atoms with E-state index in [9.17, 15) is 0 Å². The molecular formula is C16H14Cl2N4O2S2. The summed E-state index contributed by atoms with van der Waals surface area (Å²) in [5.41, 5.74) is 0.976. The molecule has 1 aromatic carbocycles. The highest BCUT2D eigenvalue weighted by Crippen LogP contribution is 2.35. The number of anilines is 1. The van der Waals surface area contributed by atoms with Crippen LogP contribution in [0.3, 0.4) is 0 Å². The Kier molecular flexibility index (Phi) is 6.42. The van der Waals surface area contributed by atoms with Crippen LogP contribution in [-0.4, -0.2) is 28.6 Å². The van der Waals surface area contributed by atoms with Crippen LogP contribution in [0.1, 0.15) is 5.56 Å². The molecule has 26 heavy (non-hydrogen) atoms. The van der Waals surface area contributed by atoms with Crippen molar-refractivity contribution in [2.75, 3.05) is 18.5 Å². The number of nitrogens with zero attached hydrogens (tertiary/aromatic N) is 4. The van der Waals surface area contributed by atoms with E-state index >= 15 is 0 Å². The molecule has 0 unspecified atom stereocenters. The zero-order valence-corrected chi connectivity index (χ0v) is 17.0. The van der Waals surface area contributed by atoms with E-state index in [2.05, 4.69) is 14.3 Å². The van der Waals surface area contributed by atoms with Crippen LogP contribution >= 0.6 is 46.7 Å². The van der Waals surface area contributed by atoms with Gasteiger partial charge in [0, 0.05) is 34.3 Å². The van der Waals surface area contributed by atoms with Crippen LogP contribution in [0, 0.1) is 0 Å². The van der Waals surface area contributed by atoms with Crippen LogP contribution in [0.2, 0.25) is 10.2 Å². The molecule has 2 aromatic heterocycles. The number of rotatable bonds is 7. The van der Waals surface area contributed by atoms with E-state index in [0.29, 0.717) is 11.6 Å². The molecule has 0 saturated carbocycles. The summed E-state index contributed by atoms with van der Waals surface area (Å²) in [6.07, 6.45) is 3.18. The van der Waals surface area contributed by atoms with Crippen LogP contribution in [0.5, 0.6) is 11.5 Å². The van der Waals surface area contributed by atoms with E-state index in [1.54, 1.807) is 26.5 Å². The van der Waals surface area contributed by atoms with Gasteiger partial charge in [0.2, 0.25) is 5.13 Å². The van der Waals surface area contributed by atoms with E-state index in [4.69, 9.17) is 32.7 Å². The standard InChI is InChI=1S/C16H14Cl2N4O2S2/c1-23-11-4-3-10(14(5-11)24-2)8-22(16-20-9-21-25-16)26-12-6-13(17)15(18)19-7-12/h3-7,9H,8H2,1-2H3. The molecule has 0 bridgehead atoms. The number of hydrogen-bond donors (Lipinski definition) is 0. The van der Waals surface area contributed by atoms with Gasteiger partial charge < -0.3 is 9.47 Å². The van der Waals surface area contributed by atoms with E-state index in [1.165, 1.54) is 29.8 Å². The number of ether oxygens (including phenoxy) is 2. The molecule has 0 aliphatic rings. The smallest absolute Gasteiger partial charge is 0.215 e. The summed E-state index contributed by atoms with van der Waals surface area (Å²) < 4.78 is 16.8. The quantitative estimate of drug-likeness (QED) is 0.388. The zero-order valence-electron chi connectivity index (χ0n) is 13.8. The van der Waals surface area contributed by atoms with Gasteiger partial charge in [-0.3, -0.25) is 4.31 Å². The molecule has 0 atom stereocenters. The molecule has 136 valence electrons. The molecule has 0 spiro atoms. The van der Waals surface area contributed by atoms with Gasteiger partial charge in [-0.25, -0.2) is 9.97 Å². The predicted octanol–water partition coefficient (Wildman–Crippen LogP) is 4.97. The molecule has 0 aliphatic heterocycles. The SMILES string of the molecule is COc1ccc(CN(Sc2cnc(Cl)c(Cl)c2)c2ncns2)c(OC)c1. The van der Waals surface area contributed by atoms with Crippen molar-refractivity contribution in [2.24, 2.45) is 0 Å². The normalized spacial score (nSPS) is 10.6. The molecule has 3 aromatic rings. The van der Waals surface area contributed by atoms with Crippen LogP contribution in [-0.2, 0) is 6.54 Å². The van der Waals surface area contributed by atoms with Crippen LogP contribution in [0.4, 0.5) is 5.13 Å². The van der Waals surface area contributed by atoms with Crippen molar-refractivity contribution in [1.82, 2.24) is 14.3 Å². The largest absolute Gasteiger partial charge is 0.497 e. The molecule has 0 N–H and O–H groups in total. The predicted molar refractivity (Wildman–Crippen MR) is 106 cm³/mol. The molecule has 3 rings (SSSR count). The van der Waals surface area contributed by atoms with Gasteiger partial charge in [-0.1, -0.05) is 23.2 Å². The third-order valence-electron chi connectivity index (χ3n) is 3.36. The number of benzene rings is 1. The van der Waals surface area contributed by atoms with E-state index < -0.39 is 0 Å². The van der Waals surface area contributed by atoms with Crippen molar-refractivity contribution in [3.63, 3.8) is 0 Å². The number of pyridine rings is 1. The maximum atomic E-state index is 6.08. The second-order valence-electron chi connectivity index (χ2n) is 4.97. The number of methoxy groups -OCH3 is 2. The Morgan fingerprint density at radius 3 is 2.65 bits per heavy atom. The fourth-order valence-corrected chi connectivity index (χ4v) is 3.97. The molecular weight excluding hydrogens is 415 g/mol. The highest BCUT2D eigenvalue weighted by Gasteiger charge is 2.17. The lowest BCUT2D eigenvalue weighted by molar-refractivity contribution is 0.391. The molecule has 0 aliphatic carbocycles. The Morgan fingerprint density at radius 2 is 2.00 bits per heavy atom.